The van der Waals surface area contributed by atoms with Crippen molar-refractivity contribution in [2.75, 3.05) is 0 Å². The third-order valence-corrected chi connectivity index (χ3v) is 4.94. The van der Waals surface area contributed by atoms with Gasteiger partial charge in [-0.15, -0.1) is 0 Å². The zero-order valence-corrected chi connectivity index (χ0v) is 14.5. The smallest absolute Gasteiger partial charge is 0.312 e. The van der Waals surface area contributed by atoms with Crippen molar-refractivity contribution in [3.63, 3.8) is 0 Å². The van der Waals surface area contributed by atoms with Gasteiger partial charge in [-0.3, -0.25) is 9.59 Å². The lowest BCUT2D eigenvalue weighted by Gasteiger charge is -2.24. The van der Waals surface area contributed by atoms with Gasteiger partial charge in [0, 0.05) is 11.6 Å². The summed E-state index contributed by atoms with van der Waals surface area (Å²) >= 11 is 0. The molecule has 0 saturated heterocycles. The Balaban J connectivity index is 1.82. The van der Waals surface area contributed by atoms with Gasteiger partial charge in [-0.2, -0.15) is 0 Å². The highest BCUT2D eigenvalue weighted by atomic mass is 16.5. The topological polar surface area (TPSA) is 89.9 Å². The van der Waals surface area contributed by atoms with Gasteiger partial charge in [0.25, 0.3) is 0 Å². The van der Waals surface area contributed by atoms with Gasteiger partial charge >= 0.3 is 5.97 Å². The minimum atomic E-state index is -0.472. The maximum Gasteiger partial charge on any atom is 0.312 e. The fourth-order valence-corrected chi connectivity index (χ4v) is 3.68. The summed E-state index contributed by atoms with van der Waals surface area (Å²) in [6, 6.07) is 13.8. The summed E-state index contributed by atoms with van der Waals surface area (Å²) in [5.74, 6) is -0.498. The van der Waals surface area contributed by atoms with E-state index in [0.29, 0.717) is 22.5 Å². The molecule has 6 nitrogen and oxygen atoms in total. The average molecular weight is 374 g/mol. The minimum absolute atomic E-state index is 0.0462. The number of furan rings is 1. The molecule has 1 atom stereocenters. The van der Waals surface area contributed by atoms with Gasteiger partial charge in [0.2, 0.25) is 5.43 Å². The van der Waals surface area contributed by atoms with Gasteiger partial charge in [0.05, 0.1) is 24.2 Å². The third-order valence-electron chi connectivity index (χ3n) is 4.94. The molecular weight excluding hydrogens is 360 g/mol. The van der Waals surface area contributed by atoms with Crippen LogP contribution in [0.1, 0.15) is 23.7 Å². The first kappa shape index (κ1) is 16.4. The van der Waals surface area contributed by atoms with E-state index in [2.05, 4.69) is 0 Å². The Morgan fingerprint density at radius 1 is 1.00 bits per heavy atom. The van der Waals surface area contributed by atoms with E-state index in [1.54, 1.807) is 24.3 Å². The zero-order chi connectivity index (χ0) is 19.3. The Morgan fingerprint density at radius 2 is 1.82 bits per heavy atom. The molecule has 1 N–H and O–H groups in total. The highest BCUT2D eigenvalue weighted by Gasteiger charge is 2.35. The molecule has 1 aliphatic heterocycles. The molecule has 2 aromatic carbocycles. The average Bonchev–Trinajstić information content (AvgIpc) is 3.22. The number of carbonyl (C=O) groups is 1. The molecule has 6 heteroatoms. The summed E-state index contributed by atoms with van der Waals surface area (Å²) in [4.78, 5) is 25.2. The van der Waals surface area contributed by atoms with Crippen LogP contribution in [0.3, 0.4) is 0 Å². The standard InChI is InChI=1S/C22H14O6/c23-15-10-17-19(13(9-18(24)28-17)16-7-4-8-26-16)22-20(15)21(25)14(11-27-22)12-5-2-1-3-6-12/h1-8,10-11,13,23H,9H2/t13-/m0/s1. The number of fused-ring (bicyclic) bond motifs is 3. The predicted octanol–water partition coefficient (Wildman–Crippen LogP) is 4.20. The molecule has 2 aromatic heterocycles. The van der Waals surface area contributed by atoms with Gasteiger partial charge < -0.3 is 18.7 Å². The van der Waals surface area contributed by atoms with Crippen LogP contribution in [0.25, 0.3) is 22.1 Å². The highest BCUT2D eigenvalue weighted by molar-refractivity contribution is 5.94. The Bertz CT molecular complexity index is 1250. The number of benzene rings is 2. The lowest BCUT2D eigenvalue weighted by molar-refractivity contribution is -0.135. The van der Waals surface area contributed by atoms with E-state index in [0.717, 1.165) is 0 Å². The highest BCUT2D eigenvalue weighted by Crippen LogP contribution is 2.45. The number of hydrogen-bond donors (Lipinski definition) is 1. The molecule has 5 rings (SSSR count). The molecule has 0 spiro atoms. The van der Waals surface area contributed by atoms with Gasteiger partial charge in [-0.25, -0.2) is 0 Å². The van der Waals surface area contributed by atoms with Crippen LogP contribution in [0.4, 0.5) is 0 Å². The van der Waals surface area contributed by atoms with Crippen LogP contribution in [0.5, 0.6) is 11.5 Å². The number of phenols is 1. The van der Waals surface area contributed by atoms with Crippen LogP contribution in [-0.2, 0) is 4.79 Å². The van der Waals surface area contributed by atoms with E-state index < -0.39 is 11.9 Å². The molecule has 0 unspecified atom stereocenters. The van der Waals surface area contributed by atoms with Crippen molar-refractivity contribution in [1.82, 2.24) is 0 Å². The van der Waals surface area contributed by atoms with Gasteiger partial charge in [0.15, 0.2) is 0 Å². The minimum Gasteiger partial charge on any atom is -0.507 e. The number of esters is 1. The number of ether oxygens (including phenoxy) is 1. The van der Waals surface area contributed by atoms with E-state index in [9.17, 15) is 14.7 Å². The summed E-state index contributed by atoms with van der Waals surface area (Å²) in [5, 5.41) is 10.6. The van der Waals surface area contributed by atoms with Gasteiger partial charge in [-0.1, -0.05) is 30.3 Å². The van der Waals surface area contributed by atoms with E-state index in [1.165, 1.54) is 18.6 Å². The number of phenolic OH excluding ortho intramolecular Hbond substituents is 1. The van der Waals surface area contributed by atoms with Crippen LogP contribution >= 0.6 is 0 Å². The SMILES string of the molecule is O=C1C[C@@H](c2ccco2)c2c(cc(O)c3c(=O)c(-c4ccccc4)coc23)O1. The monoisotopic (exact) mass is 374 g/mol. The Labute approximate surface area is 158 Å². The Morgan fingerprint density at radius 3 is 2.57 bits per heavy atom. The van der Waals surface area contributed by atoms with Gasteiger partial charge in [-0.05, 0) is 17.7 Å². The van der Waals surface area contributed by atoms with Crippen molar-refractivity contribution < 1.29 is 23.5 Å². The molecular formula is C22H14O6. The fourth-order valence-electron chi connectivity index (χ4n) is 3.68. The second-order valence-corrected chi connectivity index (χ2v) is 6.60. The number of aromatic hydroxyl groups is 1. The van der Waals surface area contributed by atoms with E-state index in [4.69, 9.17) is 13.6 Å². The second-order valence-electron chi connectivity index (χ2n) is 6.60. The maximum atomic E-state index is 13.1. The first-order chi connectivity index (χ1) is 13.6. The third kappa shape index (κ3) is 2.42. The summed E-state index contributed by atoms with van der Waals surface area (Å²) in [6.45, 7) is 0. The molecule has 28 heavy (non-hydrogen) atoms. The molecule has 3 heterocycles. The van der Waals surface area contributed by atoms with Crippen molar-refractivity contribution in [2.24, 2.45) is 0 Å². The number of rotatable bonds is 2. The molecule has 138 valence electrons. The van der Waals surface area contributed by atoms with Crippen molar-refractivity contribution in [2.45, 2.75) is 12.3 Å². The molecule has 0 amide bonds. The van der Waals surface area contributed by atoms with Crippen LogP contribution < -0.4 is 10.2 Å². The van der Waals surface area contributed by atoms with Crippen LogP contribution in [-0.4, -0.2) is 11.1 Å². The van der Waals surface area contributed by atoms with Crippen molar-refractivity contribution in [1.29, 1.82) is 0 Å². The van der Waals surface area contributed by atoms with Crippen molar-refractivity contribution in [3.05, 3.63) is 82.6 Å². The molecule has 0 aliphatic carbocycles. The van der Waals surface area contributed by atoms with E-state index in [-0.39, 0.29) is 34.3 Å². The lowest BCUT2D eigenvalue weighted by atomic mass is 9.88. The summed E-state index contributed by atoms with van der Waals surface area (Å²) in [5.41, 5.74) is 1.37. The molecule has 0 radical (unpaired) electrons. The zero-order valence-electron chi connectivity index (χ0n) is 14.5. The normalized spacial score (nSPS) is 16.0. The molecule has 0 saturated carbocycles. The molecule has 1 aliphatic rings. The second kappa shape index (κ2) is 6.13. The van der Waals surface area contributed by atoms with Crippen molar-refractivity contribution in [3.8, 4) is 22.6 Å². The number of hydrogen-bond acceptors (Lipinski definition) is 6. The maximum absolute atomic E-state index is 13.1. The Hall–Kier alpha value is -3.80. The molecule has 0 fully saturated rings. The van der Waals surface area contributed by atoms with Gasteiger partial charge in [0.1, 0.15) is 34.5 Å². The summed E-state index contributed by atoms with van der Waals surface area (Å²) < 4.78 is 16.6. The van der Waals surface area contributed by atoms with E-state index in [1.807, 2.05) is 18.2 Å². The predicted molar refractivity (Wildman–Crippen MR) is 100 cm³/mol. The first-order valence-electron chi connectivity index (χ1n) is 8.74. The summed E-state index contributed by atoms with van der Waals surface area (Å²) in [6.07, 6.45) is 2.93. The van der Waals surface area contributed by atoms with Crippen LogP contribution in [0.2, 0.25) is 0 Å². The molecule has 0 bridgehead atoms. The summed E-state index contributed by atoms with van der Waals surface area (Å²) in [7, 11) is 0. The van der Waals surface area contributed by atoms with Crippen LogP contribution in [0, 0.1) is 0 Å². The number of carbonyl (C=O) groups excluding carboxylic acids is 1. The quantitative estimate of drug-likeness (QED) is 0.418. The van der Waals surface area contributed by atoms with E-state index >= 15 is 0 Å². The van der Waals surface area contributed by atoms with Crippen LogP contribution in [0.15, 0.2) is 74.7 Å². The fraction of sp³-hybridized carbons (Fsp3) is 0.0909. The largest absolute Gasteiger partial charge is 0.507 e. The van der Waals surface area contributed by atoms with Crippen molar-refractivity contribution >= 4 is 16.9 Å². The lowest BCUT2D eigenvalue weighted by Crippen LogP contribution is -2.21. The Kier molecular flexibility index (Phi) is 3.58. The molecule has 4 aromatic rings. The first-order valence-corrected chi connectivity index (χ1v) is 8.74.